The highest BCUT2D eigenvalue weighted by molar-refractivity contribution is 6.17. The summed E-state index contributed by atoms with van der Waals surface area (Å²) < 4.78 is 22.0. The second kappa shape index (κ2) is 7.65. The van der Waals surface area contributed by atoms with Crippen LogP contribution in [0.15, 0.2) is 29.4 Å². The van der Waals surface area contributed by atoms with Gasteiger partial charge in [0, 0.05) is 38.1 Å². The molecule has 12 heteroatoms. The van der Waals surface area contributed by atoms with Crippen LogP contribution < -0.4 is 21.1 Å². The van der Waals surface area contributed by atoms with Crippen molar-refractivity contribution in [1.82, 2.24) is 19.4 Å². The molecule has 2 bridgehead atoms. The number of aromatic amines is 1. The summed E-state index contributed by atoms with van der Waals surface area (Å²) in [5, 5.41) is 28.0. The van der Waals surface area contributed by atoms with E-state index in [9.17, 15) is 14.6 Å². The van der Waals surface area contributed by atoms with Gasteiger partial charge in [0.2, 0.25) is 11.8 Å². The van der Waals surface area contributed by atoms with Gasteiger partial charge < -0.3 is 41.2 Å². The van der Waals surface area contributed by atoms with Crippen molar-refractivity contribution >= 4 is 39.1 Å². The molecule has 1 aromatic carbocycles. The molecule has 192 valence electrons. The number of nitrogens with zero attached hydrogens (tertiary/aromatic N) is 4. The molecule has 0 amide bonds. The molecular weight excluding hydrogens is 479 g/mol. The minimum absolute atomic E-state index is 0.116. The lowest BCUT2D eigenvalue weighted by Crippen LogP contribution is -2.47. The number of nitrogens with two attached hydrogens (primary N) is 1. The number of piperidine rings is 1. The largest absolute Gasteiger partial charge is 0.494 e. The minimum Gasteiger partial charge on any atom is -0.494 e. The standard InChI is InChI=1S/C25H27FN8O3/c1-28-17-5-11(26)4-14-18-21(30-19(14)17)31-25(32-22(18)34-9-10-3-12(34)6-16(10)27)37-13-7-15-20(29-8-13)24(36)33(2)23(15)35/h4-5,7-8,10,12,16,25,28,30-31,35-36H,3,6,9,27H2,1-2H3. The van der Waals surface area contributed by atoms with E-state index in [0.29, 0.717) is 28.6 Å². The number of hydrogen-bond donors (Lipinski definition) is 6. The van der Waals surface area contributed by atoms with Crippen LogP contribution in [0, 0.1) is 11.7 Å². The Morgan fingerprint density at radius 2 is 2.03 bits per heavy atom. The van der Waals surface area contributed by atoms with Crippen molar-refractivity contribution in [1.29, 1.82) is 0 Å². The van der Waals surface area contributed by atoms with Crippen molar-refractivity contribution in [3.05, 3.63) is 35.8 Å². The van der Waals surface area contributed by atoms with Crippen LogP contribution in [0.2, 0.25) is 0 Å². The third-order valence-electron chi connectivity index (χ3n) is 7.94. The van der Waals surface area contributed by atoms with Gasteiger partial charge in [-0.2, -0.15) is 0 Å². The summed E-state index contributed by atoms with van der Waals surface area (Å²) >= 11 is 0. The predicted molar refractivity (Wildman–Crippen MR) is 138 cm³/mol. The number of benzene rings is 1. The van der Waals surface area contributed by atoms with Crippen molar-refractivity contribution in [3.63, 3.8) is 0 Å². The zero-order valence-electron chi connectivity index (χ0n) is 20.3. The van der Waals surface area contributed by atoms with Gasteiger partial charge >= 0.3 is 0 Å². The Morgan fingerprint density at radius 1 is 1.19 bits per heavy atom. The normalized spacial score (nSPS) is 24.4. The van der Waals surface area contributed by atoms with Gasteiger partial charge in [-0.05, 0) is 37.0 Å². The molecule has 5 heterocycles. The number of aromatic nitrogens is 3. The number of anilines is 2. The van der Waals surface area contributed by atoms with Crippen LogP contribution in [-0.4, -0.2) is 67.5 Å². The highest BCUT2D eigenvalue weighted by atomic mass is 19.1. The zero-order valence-corrected chi connectivity index (χ0v) is 20.3. The number of hydrogen-bond acceptors (Lipinski definition) is 9. The summed E-state index contributed by atoms with van der Waals surface area (Å²) in [5.74, 6) is 1.57. The second-order valence-electron chi connectivity index (χ2n) is 10.0. The van der Waals surface area contributed by atoms with Crippen molar-refractivity contribution in [2.75, 3.05) is 24.2 Å². The number of ether oxygens (including phenoxy) is 1. The molecule has 0 radical (unpaired) electrons. The lowest BCUT2D eigenvalue weighted by atomic mass is 10.0. The van der Waals surface area contributed by atoms with Crippen LogP contribution in [0.25, 0.3) is 21.8 Å². The summed E-state index contributed by atoms with van der Waals surface area (Å²) in [7, 11) is 3.30. The SMILES string of the molecule is CNc1cc(F)cc2c3c([nH]c12)NC(Oc1cnc2c(O)n(C)c(O)c2c1)N=C3N1CC2CC1CC2N. The average molecular weight is 507 g/mol. The topological polar surface area (TPSA) is 149 Å². The number of nitrogens with one attached hydrogen (secondary N) is 3. The molecule has 1 saturated carbocycles. The Kier molecular flexibility index (Phi) is 4.56. The lowest BCUT2D eigenvalue weighted by molar-refractivity contribution is 0.230. The number of fused-ring (bicyclic) bond motifs is 6. The smallest absolute Gasteiger partial charge is 0.271 e. The molecule has 4 aromatic rings. The Morgan fingerprint density at radius 3 is 2.76 bits per heavy atom. The minimum atomic E-state index is -0.815. The van der Waals surface area contributed by atoms with E-state index in [-0.39, 0.29) is 35.2 Å². The van der Waals surface area contributed by atoms with Crippen LogP contribution in [0.4, 0.5) is 15.9 Å². The first-order valence-electron chi connectivity index (χ1n) is 12.2. The van der Waals surface area contributed by atoms with Crippen LogP contribution >= 0.6 is 0 Å². The maximum absolute atomic E-state index is 14.6. The maximum Gasteiger partial charge on any atom is 0.271 e. The molecule has 3 aromatic heterocycles. The third kappa shape index (κ3) is 3.14. The molecule has 11 nitrogen and oxygen atoms in total. The number of rotatable bonds is 3. The van der Waals surface area contributed by atoms with Crippen LogP contribution in [0.1, 0.15) is 18.4 Å². The van der Waals surface area contributed by atoms with Gasteiger partial charge in [-0.3, -0.25) is 4.57 Å². The van der Waals surface area contributed by atoms with E-state index in [1.165, 1.54) is 22.9 Å². The fourth-order valence-electron chi connectivity index (χ4n) is 6.08. The van der Waals surface area contributed by atoms with Crippen LogP contribution in [-0.2, 0) is 7.05 Å². The first-order chi connectivity index (χ1) is 17.8. The number of halogens is 1. The molecule has 7 rings (SSSR count). The van der Waals surface area contributed by atoms with E-state index in [0.717, 1.165) is 41.7 Å². The summed E-state index contributed by atoms with van der Waals surface area (Å²) in [6, 6.07) is 5.02. The molecule has 2 fully saturated rings. The first kappa shape index (κ1) is 22.0. The Hall–Kier alpha value is -4.19. The van der Waals surface area contributed by atoms with Gasteiger partial charge in [0.05, 0.1) is 28.4 Å². The van der Waals surface area contributed by atoms with E-state index < -0.39 is 6.35 Å². The molecule has 37 heavy (non-hydrogen) atoms. The van der Waals surface area contributed by atoms with E-state index in [1.807, 2.05) is 0 Å². The quantitative estimate of drug-likeness (QED) is 0.248. The Balaban J connectivity index is 1.32. The summed E-state index contributed by atoms with van der Waals surface area (Å²) in [6.45, 7) is 0.780. The molecule has 0 spiro atoms. The number of pyridine rings is 1. The van der Waals surface area contributed by atoms with Crippen molar-refractivity contribution in [3.8, 4) is 17.5 Å². The number of amidine groups is 1. The van der Waals surface area contributed by atoms with Crippen LogP contribution in [0.3, 0.4) is 0 Å². The van der Waals surface area contributed by atoms with Gasteiger partial charge in [-0.25, -0.2) is 14.4 Å². The van der Waals surface area contributed by atoms with E-state index in [2.05, 4.69) is 25.5 Å². The zero-order chi connectivity index (χ0) is 25.6. The lowest BCUT2D eigenvalue weighted by Gasteiger charge is -2.35. The van der Waals surface area contributed by atoms with Crippen LogP contribution in [0.5, 0.6) is 17.5 Å². The maximum atomic E-state index is 14.6. The monoisotopic (exact) mass is 506 g/mol. The fraction of sp³-hybridized carbons (Fsp3) is 0.360. The molecule has 7 N–H and O–H groups in total. The molecular formula is C25H27FN8O3. The van der Waals surface area contributed by atoms with E-state index >= 15 is 0 Å². The van der Waals surface area contributed by atoms with Gasteiger partial charge in [0.15, 0.2) is 0 Å². The van der Waals surface area contributed by atoms with Gasteiger partial charge in [0.25, 0.3) is 6.35 Å². The molecule has 4 atom stereocenters. The van der Waals surface area contributed by atoms with Crippen molar-refractivity contribution in [2.24, 2.45) is 23.7 Å². The summed E-state index contributed by atoms with van der Waals surface area (Å²) in [5.41, 5.74) is 8.80. The predicted octanol–water partition coefficient (Wildman–Crippen LogP) is 2.60. The molecule has 2 aliphatic heterocycles. The summed E-state index contributed by atoms with van der Waals surface area (Å²) in [4.78, 5) is 14.9. The van der Waals surface area contributed by atoms with Gasteiger partial charge in [0.1, 0.15) is 28.7 Å². The van der Waals surface area contributed by atoms with Gasteiger partial charge in [-0.1, -0.05) is 0 Å². The molecule has 1 saturated heterocycles. The van der Waals surface area contributed by atoms with Crippen molar-refractivity contribution in [2.45, 2.75) is 31.3 Å². The fourth-order valence-corrected chi connectivity index (χ4v) is 6.08. The third-order valence-corrected chi connectivity index (χ3v) is 7.94. The van der Waals surface area contributed by atoms with E-state index in [4.69, 9.17) is 15.5 Å². The summed E-state index contributed by atoms with van der Waals surface area (Å²) in [6.07, 6.45) is 2.55. The number of likely N-dealkylation sites (tertiary alicyclic amines) is 1. The molecule has 4 unspecified atom stereocenters. The Labute approximate surface area is 210 Å². The number of aromatic hydroxyl groups is 2. The number of aliphatic imine (C=N–C) groups is 1. The number of H-pyrrole nitrogens is 1. The molecule has 3 aliphatic rings. The highest BCUT2D eigenvalue weighted by Crippen LogP contribution is 2.42. The Bertz CT molecular complexity index is 1610. The van der Waals surface area contributed by atoms with Crippen molar-refractivity contribution < 1.29 is 19.3 Å². The highest BCUT2D eigenvalue weighted by Gasteiger charge is 2.46. The first-order valence-corrected chi connectivity index (χ1v) is 12.2. The molecule has 1 aliphatic carbocycles. The van der Waals surface area contributed by atoms with Gasteiger partial charge in [-0.15, -0.1) is 0 Å². The second-order valence-corrected chi connectivity index (χ2v) is 10.0. The average Bonchev–Trinajstić information content (AvgIpc) is 3.62. The van der Waals surface area contributed by atoms with E-state index in [1.54, 1.807) is 20.2 Å².